The molecule has 2 aromatic carbocycles. The number of methoxy groups -OCH3 is 1. The lowest BCUT2D eigenvalue weighted by molar-refractivity contribution is -0.118. The maximum absolute atomic E-state index is 13.3. The van der Waals surface area contributed by atoms with Crippen molar-refractivity contribution in [2.75, 3.05) is 24.0 Å². The average molecular weight is 546 g/mol. The number of benzene rings is 2. The number of hydrogen-bond acceptors (Lipinski definition) is 9. The van der Waals surface area contributed by atoms with Gasteiger partial charge in [-0.3, -0.25) is 14.7 Å². The molecule has 0 saturated carbocycles. The van der Waals surface area contributed by atoms with Gasteiger partial charge in [0.05, 0.1) is 39.4 Å². The van der Waals surface area contributed by atoms with Crippen molar-refractivity contribution in [1.29, 1.82) is 0 Å². The number of carbonyl (C=O) groups excluding carboxylic acids is 1. The highest BCUT2D eigenvalue weighted by molar-refractivity contribution is 7.91. The maximum Gasteiger partial charge on any atom is 0.230 e. The minimum Gasteiger partial charge on any atom is -0.497 e. The Balaban J connectivity index is 1.62. The standard InChI is InChI=1S/C24H23N3O6S3/c1-33-18-5-7-19(8-6-18)36(31,32)13-11-23(28)27(16-17-4-3-12-25-15-17)24-26-21-10-9-20(35(2,29)30)14-22(21)34-24/h3-10,12,14-15H,11,13,16H2,1-2H3. The van der Waals surface area contributed by atoms with Gasteiger partial charge in [-0.15, -0.1) is 0 Å². The Bertz CT molecular complexity index is 1600. The summed E-state index contributed by atoms with van der Waals surface area (Å²) < 4.78 is 55.2. The van der Waals surface area contributed by atoms with Gasteiger partial charge in [-0.25, -0.2) is 21.8 Å². The first-order valence-electron chi connectivity index (χ1n) is 10.7. The van der Waals surface area contributed by atoms with E-state index in [-0.39, 0.29) is 28.5 Å². The number of anilines is 1. The highest BCUT2D eigenvalue weighted by Crippen LogP contribution is 2.32. The second-order valence-corrected chi connectivity index (χ2v) is 13.1. The minimum atomic E-state index is -3.71. The second kappa shape index (κ2) is 10.3. The largest absolute Gasteiger partial charge is 0.497 e. The van der Waals surface area contributed by atoms with Crippen LogP contribution in [0.1, 0.15) is 12.0 Å². The Morgan fingerprint density at radius 3 is 2.39 bits per heavy atom. The number of ether oxygens (including phenoxy) is 1. The van der Waals surface area contributed by atoms with Crippen LogP contribution in [0.4, 0.5) is 5.13 Å². The monoisotopic (exact) mass is 545 g/mol. The topological polar surface area (TPSA) is 124 Å². The van der Waals surface area contributed by atoms with Crippen LogP contribution in [0.25, 0.3) is 10.2 Å². The molecule has 0 aliphatic heterocycles. The molecule has 0 atom stereocenters. The van der Waals surface area contributed by atoms with E-state index in [2.05, 4.69) is 9.97 Å². The molecular formula is C24H23N3O6S3. The first-order chi connectivity index (χ1) is 17.1. The lowest BCUT2D eigenvalue weighted by Crippen LogP contribution is -2.31. The summed E-state index contributed by atoms with van der Waals surface area (Å²) in [6.07, 6.45) is 4.09. The van der Waals surface area contributed by atoms with Crippen LogP contribution >= 0.6 is 11.3 Å². The fourth-order valence-corrected chi connectivity index (χ4v) is 6.41. The van der Waals surface area contributed by atoms with Gasteiger partial charge in [-0.2, -0.15) is 0 Å². The van der Waals surface area contributed by atoms with E-state index in [0.29, 0.717) is 21.1 Å². The van der Waals surface area contributed by atoms with Crippen molar-refractivity contribution in [3.63, 3.8) is 0 Å². The number of thiazole rings is 1. The first-order valence-corrected chi connectivity index (χ1v) is 15.1. The number of carbonyl (C=O) groups is 1. The Labute approximate surface area is 213 Å². The number of pyridine rings is 1. The molecule has 0 bridgehead atoms. The van der Waals surface area contributed by atoms with Gasteiger partial charge in [0.1, 0.15) is 5.75 Å². The third kappa shape index (κ3) is 5.89. The van der Waals surface area contributed by atoms with Crippen molar-refractivity contribution < 1.29 is 26.4 Å². The van der Waals surface area contributed by atoms with Crippen LogP contribution in [0.2, 0.25) is 0 Å². The molecule has 0 spiro atoms. The second-order valence-electron chi connectivity index (χ2n) is 7.98. The summed E-state index contributed by atoms with van der Waals surface area (Å²) in [5.41, 5.74) is 1.28. The molecule has 0 radical (unpaired) electrons. The third-order valence-corrected chi connectivity index (χ3v) is 9.26. The summed E-state index contributed by atoms with van der Waals surface area (Å²) in [7, 11) is -5.64. The Morgan fingerprint density at radius 1 is 1.03 bits per heavy atom. The van der Waals surface area contributed by atoms with Gasteiger partial charge in [-0.1, -0.05) is 17.4 Å². The van der Waals surface area contributed by atoms with E-state index in [1.165, 1.54) is 36.3 Å². The Hall–Kier alpha value is -3.35. The molecule has 2 heterocycles. The molecule has 0 aliphatic carbocycles. The van der Waals surface area contributed by atoms with E-state index in [4.69, 9.17) is 4.74 Å². The molecule has 1 amide bonds. The number of nitrogens with zero attached hydrogens (tertiary/aromatic N) is 3. The van der Waals surface area contributed by atoms with Crippen molar-refractivity contribution in [1.82, 2.24) is 9.97 Å². The molecule has 0 unspecified atom stereocenters. The number of hydrogen-bond donors (Lipinski definition) is 0. The molecule has 0 aliphatic rings. The highest BCUT2D eigenvalue weighted by Gasteiger charge is 2.24. The van der Waals surface area contributed by atoms with E-state index < -0.39 is 25.6 Å². The van der Waals surface area contributed by atoms with Crippen LogP contribution in [-0.2, 0) is 31.0 Å². The van der Waals surface area contributed by atoms with Crippen LogP contribution in [0.15, 0.2) is 76.8 Å². The number of rotatable bonds is 9. The van der Waals surface area contributed by atoms with Gasteiger partial charge < -0.3 is 4.74 Å². The van der Waals surface area contributed by atoms with E-state index in [0.717, 1.165) is 23.2 Å². The fraction of sp³-hybridized carbons (Fsp3) is 0.208. The molecule has 0 fully saturated rings. The van der Waals surface area contributed by atoms with Crippen LogP contribution in [0.5, 0.6) is 5.75 Å². The van der Waals surface area contributed by atoms with Crippen molar-refractivity contribution >= 4 is 52.3 Å². The minimum absolute atomic E-state index is 0.100. The van der Waals surface area contributed by atoms with E-state index in [1.54, 1.807) is 42.7 Å². The smallest absolute Gasteiger partial charge is 0.230 e. The Morgan fingerprint density at radius 2 is 1.75 bits per heavy atom. The Kier molecular flexibility index (Phi) is 7.38. The van der Waals surface area contributed by atoms with E-state index in [9.17, 15) is 21.6 Å². The van der Waals surface area contributed by atoms with Crippen LogP contribution in [0, 0.1) is 0 Å². The van der Waals surface area contributed by atoms with Gasteiger partial charge in [0, 0.05) is 25.1 Å². The average Bonchev–Trinajstić information content (AvgIpc) is 3.29. The fourth-order valence-electron chi connectivity index (χ4n) is 3.43. The molecule has 188 valence electrons. The lowest BCUT2D eigenvalue weighted by Gasteiger charge is -2.20. The summed E-state index contributed by atoms with van der Waals surface area (Å²) in [5, 5.41) is 0.339. The molecule has 0 N–H and O–H groups in total. The summed E-state index contributed by atoms with van der Waals surface area (Å²) in [4.78, 5) is 23.6. The third-order valence-electron chi connectivity index (χ3n) is 5.38. The summed E-state index contributed by atoms with van der Waals surface area (Å²) in [5.74, 6) is -0.286. The summed E-state index contributed by atoms with van der Waals surface area (Å²) in [6, 6.07) is 14.1. The van der Waals surface area contributed by atoms with Crippen LogP contribution in [-0.4, -0.2) is 51.8 Å². The summed E-state index contributed by atoms with van der Waals surface area (Å²) >= 11 is 1.16. The molecule has 2 aromatic heterocycles. The van der Waals surface area contributed by atoms with Gasteiger partial charge in [0.15, 0.2) is 24.8 Å². The van der Waals surface area contributed by atoms with Crippen LogP contribution < -0.4 is 9.64 Å². The molecule has 12 heteroatoms. The summed E-state index contributed by atoms with van der Waals surface area (Å²) in [6.45, 7) is 0.133. The van der Waals surface area contributed by atoms with Crippen molar-refractivity contribution in [2.45, 2.75) is 22.8 Å². The highest BCUT2D eigenvalue weighted by atomic mass is 32.2. The first kappa shape index (κ1) is 25.7. The van der Waals surface area contributed by atoms with Crippen molar-refractivity contribution in [3.8, 4) is 5.75 Å². The van der Waals surface area contributed by atoms with Gasteiger partial charge >= 0.3 is 0 Å². The predicted octanol–water partition coefficient (Wildman–Crippen LogP) is 3.50. The van der Waals surface area contributed by atoms with E-state index in [1.807, 2.05) is 0 Å². The maximum atomic E-state index is 13.3. The molecule has 0 saturated heterocycles. The number of amides is 1. The van der Waals surface area contributed by atoms with Gasteiger partial charge in [-0.05, 0) is 54.1 Å². The predicted molar refractivity (Wildman–Crippen MR) is 138 cm³/mol. The molecule has 4 rings (SSSR count). The molecular weight excluding hydrogens is 522 g/mol. The van der Waals surface area contributed by atoms with Gasteiger partial charge in [0.25, 0.3) is 0 Å². The SMILES string of the molecule is COc1ccc(S(=O)(=O)CCC(=O)N(Cc2cccnc2)c2nc3ccc(S(C)(=O)=O)cc3s2)cc1. The number of sulfone groups is 2. The van der Waals surface area contributed by atoms with Crippen LogP contribution in [0.3, 0.4) is 0 Å². The number of fused-ring (bicyclic) bond motifs is 1. The molecule has 36 heavy (non-hydrogen) atoms. The van der Waals surface area contributed by atoms with E-state index >= 15 is 0 Å². The molecule has 9 nitrogen and oxygen atoms in total. The van der Waals surface area contributed by atoms with Gasteiger partial charge in [0.2, 0.25) is 5.91 Å². The zero-order valence-electron chi connectivity index (χ0n) is 19.5. The molecule has 4 aromatic rings. The van der Waals surface area contributed by atoms with Crippen molar-refractivity contribution in [2.24, 2.45) is 0 Å². The van der Waals surface area contributed by atoms with Crippen molar-refractivity contribution in [3.05, 3.63) is 72.6 Å². The lowest BCUT2D eigenvalue weighted by atomic mass is 10.2. The quantitative estimate of drug-likeness (QED) is 0.313. The zero-order valence-corrected chi connectivity index (χ0v) is 21.9. The zero-order chi connectivity index (χ0) is 25.9. The normalized spacial score (nSPS) is 11.9. The number of aromatic nitrogens is 2.